The van der Waals surface area contributed by atoms with Crippen molar-refractivity contribution in [2.24, 2.45) is 10.9 Å². The number of amides is 1. The maximum Gasteiger partial charge on any atom is 0.235 e. The van der Waals surface area contributed by atoms with E-state index in [1.807, 2.05) is 12.1 Å². The van der Waals surface area contributed by atoms with Crippen molar-refractivity contribution in [1.29, 1.82) is 0 Å². The van der Waals surface area contributed by atoms with Crippen LogP contribution in [0.4, 0.5) is 0 Å². The Morgan fingerprint density at radius 2 is 1.95 bits per heavy atom. The van der Waals surface area contributed by atoms with Crippen LogP contribution in [0.25, 0.3) is 0 Å². The summed E-state index contributed by atoms with van der Waals surface area (Å²) in [6.45, 7) is 0.279. The second kappa shape index (κ2) is 7.04. The molecular formula is C15H16N4O2. The number of pyridine rings is 1. The van der Waals surface area contributed by atoms with Crippen molar-refractivity contribution in [2.45, 2.75) is 12.5 Å². The van der Waals surface area contributed by atoms with Gasteiger partial charge in [0, 0.05) is 6.20 Å². The molecule has 6 nitrogen and oxygen atoms in total. The van der Waals surface area contributed by atoms with E-state index in [0.29, 0.717) is 5.56 Å². The number of carbonyl (C=O) groups excluding carboxylic acids is 1. The third kappa shape index (κ3) is 3.79. The molecule has 2 rings (SSSR count). The highest BCUT2D eigenvalue weighted by Gasteiger charge is 2.24. The summed E-state index contributed by atoms with van der Waals surface area (Å²) in [6, 6.07) is 14.4. The largest absolute Gasteiger partial charge is 0.409 e. The van der Waals surface area contributed by atoms with Crippen molar-refractivity contribution >= 4 is 11.7 Å². The predicted octanol–water partition coefficient (Wildman–Crippen LogP) is 1.23. The van der Waals surface area contributed by atoms with Crippen molar-refractivity contribution in [1.82, 2.24) is 10.3 Å². The summed E-state index contributed by atoms with van der Waals surface area (Å²) in [7, 11) is 0. The van der Waals surface area contributed by atoms with Gasteiger partial charge in [-0.1, -0.05) is 41.6 Å². The molecule has 1 amide bonds. The molecule has 0 aliphatic heterocycles. The highest BCUT2D eigenvalue weighted by molar-refractivity contribution is 6.07. The molecule has 108 valence electrons. The van der Waals surface area contributed by atoms with E-state index in [0.717, 1.165) is 5.69 Å². The minimum absolute atomic E-state index is 0.153. The number of benzene rings is 1. The minimum Gasteiger partial charge on any atom is -0.409 e. The van der Waals surface area contributed by atoms with Gasteiger partial charge < -0.3 is 16.3 Å². The molecule has 6 heteroatoms. The van der Waals surface area contributed by atoms with Gasteiger partial charge in [0.1, 0.15) is 5.92 Å². The van der Waals surface area contributed by atoms with Gasteiger partial charge in [0.05, 0.1) is 12.2 Å². The van der Waals surface area contributed by atoms with Crippen LogP contribution in [0, 0.1) is 0 Å². The second-order valence-corrected chi connectivity index (χ2v) is 4.41. The smallest absolute Gasteiger partial charge is 0.235 e. The van der Waals surface area contributed by atoms with Crippen LogP contribution in [0.15, 0.2) is 59.9 Å². The summed E-state index contributed by atoms with van der Waals surface area (Å²) in [5.41, 5.74) is 7.03. The van der Waals surface area contributed by atoms with Crippen LogP contribution in [0.2, 0.25) is 0 Å². The van der Waals surface area contributed by atoms with Gasteiger partial charge in [0.15, 0.2) is 5.84 Å². The number of oxime groups is 1. The fraction of sp³-hybridized carbons (Fsp3) is 0.133. The summed E-state index contributed by atoms with van der Waals surface area (Å²) in [5.74, 6) is -1.33. The fourth-order valence-electron chi connectivity index (χ4n) is 1.94. The lowest BCUT2D eigenvalue weighted by Gasteiger charge is -2.15. The fourth-order valence-corrected chi connectivity index (χ4v) is 1.94. The zero-order valence-electron chi connectivity index (χ0n) is 11.3. The average Bonchev–Trinajstić information content (AvgIpc) is 2.55. The van der Waals surface area contributed by atoms with E-state index in [1.165, 1.54) is 0 Å². The van der Waals surface area contributed by atoms with Gasteiger partial charge in [-0.05, 0) is 17.7 Å². The maximum atomic E-state index is 12.3. The van der Waals surface area contributed by atoms with Gasteiger partial charge in [0.25, 0.3) is 0 Å². The van der Waals surface area contributed by atoms with Gasteiger partial charge in [-0.25, -0.2) is 0 Å². The van der Waals surface area contributed by atoms with E-state index in [1.54, 1.807) is 42.6 Å². The first-order valence-corrected chi connectivity index (χ1v) is 6.42. The summed E-state index contributed by atoms with van der Waals surface area (Å²) in [5, 5.41) is 14.6. The molecule has 1 aromatic carbocycles. The first kappa shape index (κ1) is 14.5. The first-order valence-electron chi connectivity index (χ1n) is 6.42. The molecule has 0 saturated carbocycles. The van der Waals surface area contributed by atoms with Crippen LogP contribution >= 0.6 is 0 Å². The van der Waals surface area contributed by atoms with Gasteiger partial charge >= 0.3 is 0 Å². The Morgan fingerprint density at radius 3 is 2.57 bits per heavy atom. The van der Waals surface area contributed by atoms with Crippen LogP contribution in [0.1, 0.15) is 17.2 Å². The third-order valence-corrected chi connectivity index (χ3v) is 2.98. The number of hydrogen-bond acceptors (Lipinski definition) is 4. The second-order valence-electron chi connectivity index (χ2n) is 4.41. The lowest BCUT2D eigenvalue weighted by Crippen LogP contribution is -2.37. The van der Waals surface area contributed by atoms with Gasteiger partial charge in [-0.2, -0.15) is 0 Å². The number of carbonyl (C=O) groups is 1. The molecule has 0 aliphatic carbocycles. The van der Waals surface area contributed by atoms with Crippen LogP contribution in [0.5, 0.6) is 0 Å². The molecule has 1 heterocycles. The average molecular weight is 284 g/mol. The Labute approximate surface area is 122 Å². The molecular weight excluding hydrogens is 268 g/mol. The zero-order chi connectivity index (χ0) is 15.1. The number of hydrogen-bond donors (Lipinski definition) is 3. The van der Waals surface area contributed by atoms with E-state index in [-0.39, 0.29) is 18.3 Å². The monoisotopic (exact) mass is 284 g/mol. The van der Waals surface area contributed by atoms with Crippen molar-refractivity contribution in [3.8, 4) is 0 Å². The molecule has 1 unspecified atom stereocenters. The molecule has 0 fully saturated rings. The minimum atomic E-state index is -0.833. The van der Waals surface area contributed by atoms with Crippen LogP contribution in [-0.2, 0) is 11.3 Å². The Hall–Kier alpha value is -2.89. The molecule has 0 bridgehead atoms. The van der Waals surface area contributed by atoms with Crippen LogP contribution in [-0.4, -0.2) is 21.9 Å². The Morgan fingerprint density at radius 1 is 1.24 bits per heavy atom. The van der Waals surface area contributed by atoms with E-state index in [4.69, 9.17) is 10.9 Å². The van der Waals surface area contributed by atoms with Gasteiger partial charge in [-0.3, -0.25) is 9.78 Å². The maximum absolute atomic E-state index is 12.3. The van der Waals surface area contributed by atoms with Gasteiger partial charge in [-0.15, -0.1) is 0 Å². The number of rotatable bonds is 5. The van der Waals surface area contributed by atoms with Crippen molar-refractivity contribution < 1.29 is 10.0 Å². The highest BCUT2D eigenvalue weighted by atomic mass is 16.4. The summed E-state index contributed by atoms with van der Waals surface area (Å²) in [6.07, 6.45) is 1.65. The number of nitrogens with zero attached hydrogens (tertiary/aromatic N) is 2. The van der Waals surface area contributed by atoms with E-state index in [2.05, 4.69) is 15.5 Å². The summed E-state index contributed by atoms with van der Waals surface area (Å²) < 4.78 is 0. The SMILES string of the molecule is NC(=NO)C(C(=O)NCc1ccccn1)c1ccccc1. The Balaban J connectivity index is 2.12. The lowest BCUT2D eigenvalue weighted by molar-refractivity contribution is -0.121. The lowest BCUT2D eigenvalue weighted by atomic mass is 9.97. The topological polar surface area (TPSA) is 101 Å². The Bertz CT molecular complexity index is 614. The third-order valence-electron chi connectivity index (χ3n) is 2.98. The molecule has 0 aliphatic rings. The van der Waals surface area contributed by atoms with Crippen molar-refractivity contribution in [3.05, 3.63) is 66.0 Å². The molecule has 0 radical (unpaired) electrons. The summed E-state index contributed by atoms with van der Waals surface area (Å²) >= 11 is 0. The van der Waals surface area contributed by atoms with E-state index < -0.39 is 5.92 Å². The molecule has 0 spiro atoms. The van der Waals surface area contributed by atoms with Gasteiger partial charge in [0.2, 0.25) is 5.91 Å². The quantitative estimate of drug-likeness (QED) is 0.332. The molecule has 1 aromatic heterocycles. The highest BCUT2D eigenvalue weighted by Crippen LogP contribution is 2.16. The molecule has 2 aromatic rings. The number of aromatic nitrogens is 1. The molecule has 4 N–H and O–H groups in total. The molecule has 1 atom stereocenters. The normalized spacial score (nSPS) is 12.7. The summed E-state index contributed by atoms with van der Waals surface area (Å²) in [4.78, 5) is 16.4. The van der Waals surface area contributed by atoms with E-state index in [9.17, 15) is 4.79 Å². The Kier molecular flexibility index (Phi) is 4.87. The van der Waals surface area contributed by atoms with E-state index >= 15 is 0 Å². The molecule has 21 heavy (non-hydrogen) atoms. The predicted molar refractivity (Wildman–Crippen MR) is 78.7 cm³/mol. The number of nitrogens with two attached hydrogens (primary N) is 1. The van der Waals surface area contributed by atoms with Crippen LogP contribution < -0.4 is 11.1 Å². The van der Waals surface area contributed by atoms with Crippen molar-refractivity contribution in [2.75, 3.05) is 0 Å². The van der Waals surface area contributed by atoms with Crippen molar-refractivity contribution in [3.63, 3.8) is 0 Å². The zero-order valence-corrected chi connectivity index (χ0v) is 11.3. The van der Waals surface area contributed by atoms with Crippen LogP contribution in [0.3, 0.4) is 0 Å². The standard InChI is InChI=1S/C15H16N4O2/c16-14(19-21)13(11-6-2-1-3-7-11)15(20)18-10-12-8-4-5-9-17-12/h1-9,13,21H,10H2,(H2,16,19)(H,18,20). The number of nitrogens with one attached hydrogen (secondary N) is 1. The molecule has 0 saturated heterocycles. The first-order chi connectivity index (χ1) is 10.2. The number of amidine groups is 1.